The third kappa shape index (κ3) is 6.80. The zero-order valence-electron chi connectivity index (χ0n) is 23.8. The predicted molar refractivity (Wildman–Crippen MR) is 171 cm³/mol. The van der Waals surface area contributed by atoms with E-state index in [-0.39, 0.29) is 12.3 Å². The van der Waals surface area contributed by atoms with E-state index in [1.54, 1.807) is 21.3 Å². The number of carbonyl (C=O) groups excluding carboxylic acids is 1. The average molecular weight is 609 g/mol. The molecule has 0 unspecified atom stereocenters. The summed E-state index contributed by atoms with van der Waals surface area (Å²) in [6, 6.07) is 27.2. The van der Waals surface area contributed by atoms with Crippen molar-refractivity contribution in [3.8, 4) is 57.0 Å². The number of aromatic nitrogens is 2. The van der Waals surface area contributed by atoms with E-state index in [0.29, 0.717) is 49.8 Å². The molecule has 43 heavy (non-hydrogen) atoms. The molecule has 3 aromatic carbocycles. The number of para-hydroxylation sites is 1. The van der Waals surface area contributed by atoms with E-state index in [2.05, 4.69) is 16.4 Å². The number of hydrogen-bond acceptors (Lipinski definition) is 9. The van der Waals surface area contributed by atoms with E-state index in [4.69, 9.17) is 19.2 Å². The lowest BCUT2D eigenvalue weighted by molar-refractivity contribution is -0.115. The van der Waals surface area contributed by atoms with Crippen LogP contribution in [0.25, 0.3) is 33.6 Å². The molecule has 0 saturated carbocycles. The number of pyridine rings is 1. The average Bonchev–Trinajstić information content (AvgIpc) is 3.52. The summed E-state index contributed by atoms with van der Waals surface area (Å²) in [5.74, 6) is 2.06. The third-order valence-electron chi connectivity index (χ3n) is 6.54. The minimum absolute atomic E-state index is 0.175. The molecule has 1 N–H and O–H groups in total. The van der Waals surface area contributed by atoms with Gasteiger partial charge in [-0.15, -0.1) is 23.1 Å². The van der Waals surface area contributed by atoms with Gasteiger partial charge in [-0.1, -0.05) is 54.6 Å². The Kier molecular flexibility index (Phi) is 9.56. The first-order chi connectivity index (χ1) is 21.0. The number of nitrogens with zero attached hydrogens (tertiary/aromatic N) is 3. The van der Waals surface area contributed by atoms with Crippen molar-refractivity contribution >= 4 is 34.1 Å². The number of ether oxygens (including phenoxy) is 3. The number of hydrogen-bond donors (Lipinski definition) is 1. The van der Waals surface area contributed by atoms with Crippen molar-refractivity contribution in [2.75, 3.05) is 32.4 Å². The number of anilines is 1. The van der Waals surface area contributed by atoms with Crippen molar-refractivity contribution in [1.82, 2.24) is 9.97 Å². The summed E-state index contributed by atoms with van der Waals surface area (Å²) >= 11 is 2.72. The molecule has 216 valence electrons. The Morgan fingerprint density at radius 2 is 1.67 bits per heavy atom. The highest BCUT2D eigenvalue weighted by molar-refractivity contribution is 7.99. The molecular weight excluding hydrogens is 581 g/mol. The second-order valence-electron chi connectivity index (χ2n) is 9.17. The Labute approximate surface area is 258 Å². The number of rotatable bonds is 11. The van der Waals surface area contributed by atoms with E-state index < -0.39 is 0 Å². The van der Waals surface area contributed by atoms with E-state index in [9.17, 15) is 10.1 Å². The van der Waals surface area contributed by atoms with Crippen LogP contribution < -0.4 is 19.5 Å². The van der Waals surface area contributed by atoms with E-state index in [0.717, 1.165) is 22.6 Å². The molecule has 0 atom stereocenters. The number of nitrogens with one attached hydrogen (secondary N) is 1. The molecule has 5 rings (SSSR count). The van der Waals surface area contributed by atoms with Crippen molar-refractivity contribution in [2.45, 2.75) is 11.4 Å². The summed E-state index contributed by atoms with van der Waals surface area (Å²) in [5.41, 5.74) is 5.07. The van der Waals surface area contributed by atoms with Crippen LogP contribution in [0.1, 0.15) is 12.0 Å². The predicted octanol–water partition coefficient (Wildman–Crippen LogP) is 7.56. The quantitative estimate of drug-likeness (QED) is 0.153. The Bertz CT molecular complexity index is 1780. The van der Waals surface area contributed by atoms with Crippen LogP contribution in [0.3, 0.4) is 0 Å². The summed E-state index contributed by atoms with van der Waals surface area (Å²) in [5, 5.41) is 16.1. The molecule has 0 saturated heterocycles. The molecule has 2 aromatic heterocycles. The highest BCUT2D eigenvalue weighted by Crippen LogP contribution is 2.42. The third-order valence-corrected chi connectivity index (χ3v) is 8.28. The minimum Gasteiger partial charge on any atom is -0.497 e. The fourth-order valence-electron chi connectivity index (χ4n) is 4.47. The second-order valence-corrected chi connectivity index (χ2v) is 11.1. The van der Waals surface area contributed by atoms with Crippen molar-refractivity contribution in [2.24, 2.45) is 0 Å². The molecule has 0 spiro atoms. The second kappa shape index (κ2) is 13.9. The normalized spacial score (nSPS) is 10.6. The first kappa shape index (κ1) is 29.6. The molecule has 1 amide bonds. The van der Waals surface area contributed by atoms with E-state index in [1.165, 1.54) is 23.1 Å². The van der Waals surface area contributed by atoms with Gasteiger partial charge in [-0.05, 0) is 24.3 Å². The maximum absolute atomic E-state index is 12.8. The Hall–Kier alpha value is -4.85. The van der Waals surface area contributed by atoms with Crippen molar-refractivity contribution in [3.63, 3.8) is 0 Å². The van der Waals surface area contributed by atoms with Gasteiger partial charge in [0.25, 0.3) is 0 Å². The van der Waals surface area contributed by atoms with E-state index >= 15 is 0 Å². The first-order valence-corrected chi connectivity index (χ1v) is 15.2. The van der Waals surface area contributed by atoms with Crippen LogP contribution in [0.5, 0.6) is 17.2 Å². The topological polar surface area (TPSA) is 106 Å². The number of methoxy groups -OCH3 is 3. The molecule has 0 aliphatic carbocycles. The van der Waals surface area contributed by atoms with Gasteiger partial charge in [-0.3, -0.25) is 4.79 Å². The fourth-order valence-corrected chi connectivity index (χ4v) is 6.15. The molecule has 2 heterocycles. The Morgan fingerprint density at radius 1 is 0.884 bits per heavy atom. The summed E-state index contributed by atoms with van der Waals surface area (Å²) < 4.78 is 16.5. The Balaban J connectivity index is 1.37. The van der Waals surface area contributed by atoms with Gasteiger partial charge in [0.1, 0.15) is 16.8 Å². The molecular formula is C33H28N4O4S2. The molecule has 0 bridgehead atoms. The zero-order valence-corrected chi connectivity index (χ0v) is 25.4. The molecule has 8 nitrogen and oxygen atoms in total. The summed E-state index contributed by atoms with van der Waals surface area (Å²) in [7, 11) is 4.77. The molecule has 0 radical (unpaired) electrons. The lowest BCUT2D eigenvalue weighted by Gasteiger charge is -2.16. The molecule has 0 aliphatic heterocycles. The van der Waals surface area contributed by atoms with Crippen molar-refractivity contribution in [1.29, 1.82) is 5.26 Å². The molecule has 10 heteroatoms. The number of thiazole rings is 1. The zero-order chi connectivity index (χ0) is 30.2. The van der Waals surface area contributed by atoms with Gasteiger partial charge in [0, 0.05) is 39.8 Å². The summed E-state index contributed by atoms with van der Waals surface area (Å²) in [6.07, 6.45) is 0.207. The van der Waals surface area contributed by atoms with Gasteiger partial charge in [-0.25, -0.2) is 9.97 Å². The maximum Gasteiger partial charge on any atom is 0.226 e. The fraction of sp³-hybridized carbons (Fsp3) is 0.152. The smallest absolute Gasteiger partial charge is 0.226 e. The number of carbonyl (C=O) groups is 1. The van der Waals surface area contributed by atoms with Gasteiger partial charge in [-0.2, -0.15) is 5.26 Å². The monoisotopic (exact) mass is 608 g/mol. The number of benzene rings is 3. The maximum atomic E-state index is 12.8. The van der Waals surface area contributed by atoms with Crippen LogP contribution in [0, 0.1) is 11.3 Å². The number of nitriles is 1. The summed E-state index contributed by atoms with van der Waals surface area (Å²) in [4.78, 5) is 22.2. The molecule has 0 aliphatic rings. The highest BCUT2D eigenvalue weighted by atomic mass is 32.2. The van der Waals surface area contributed by atoms with Gasteiger partial charge in [0.2, 0.25) is 5.91 Å². The van der Waals surface area contributed by atoms with Crippen molar-refractivity contribution < 1.29 is 19.0 Å². The molecule has 0 fully saturated rings. The van der Waals surface area contributed by atoms with Crippen LogP contribution in [-0.4, -0.2) is 43.0 Å². The lowest BCUT2D eigenvalue weighted by atomic mass is 9.98. The minimum atomic E-state index is -0.175. The Morgan fingerprint density at radius 3 is 2.42 bits per heavy atom. The first-order valence-electron chi connectivity index (χ1n) is 13.3. The summed E-state index contributed by atoms with van der Waals surface area (Å²) in [6.45, 7) is 0. The van der Waals surface area contributed by atoms with Crippen molar-refractivity contribution in [3.05, 3.63) is 89.8 Å². The van der Waals surface area contributed by atoms with Gasteiger partial charge in [0.15, 0.2) is 16.6 Å². The standard InChI is InChI=1S/C33H28N4O4S2/c1-39-23-12-7-11-22(17-23)28-20-43-33(36-28)37-30(38)15-16-42-32-26(19-34)25(18-27(35-32)21-9-5-4-6-10-21)24-13-8-14-29(40-2)31(24)41-3/h4-14,17-18,20H,15-16H2,1-3H3,(H,36,37,38). The van der Waals surface area contributed by atoms with Crippen LogP contribution in [0.2, 0.25) is 0 Å². The SMILES string of the molecule is COc1cccc(-c2csc(NC(=O)CCSc3nc(-c4ccccc4)cc(-c4cccc(OC)c4OC)c3C#N)n2)c1. The van der Waals surface area contributed by atoms with E-state index in [1.807, 2.05) is 84.2 Å². The highest BCUT2D eigenvalue weighted by Gasteiger charge is 2.21. The van der Waals surface area contributed by atoms with Crippen LogP contribution in [-0.2, 0) is 4.79 Å². The van der Waals surface area contributed by atoms with Crippen LogP contribution in [0.15, 0.2) is 89.3 Å². The van der Waals surface area contributed by atoms with Crippen LogP contribution >= 0.6 is 23.1 Å². The van der Waals surface area contributed by atoms with Gasteiger partial charge in [0.05, 0.1) is 38.3 Å². The largest absolute Gasteiger partial charge is 0.497 e. The van der Waals surface area contributed by atoms with Gasteiger partial charge >= 0.3 is 0 Å². The molecule has 5 aromatic rings. The lowest BCUT2D eigenvalue weighted by Crippen LogP contribution is -2.12. The van der Waals surface area contributed by atoms with Crippen LogP contribution in [0.4, 0.5) is 5.13 Å². The number of thioether (sulfide) groups is 1. The van der Waals surface area contributed by atoms with Gasteiger partial charge < -0.3 is 19.5 Å². The number of amides is 1.